The maximum atomic E-state index is 10.5. The molecule has 0 spiro atoms. The van der Waals surface area contributed by atoms with Crippen LogP contribution in [0, 0.1) is 22.7 Å². The van der Waals surface area contributed by atoms with Crippen LogP contribution in [0.25, 0.3) is 99.2 Å². The van der Waals surface area contributed by atoms with Gasteiger partial charge in [0.15, 0.2) is 0 Å². The van der Waals surface area contributed by atoms with Gasteiger partial charge in [0, 0.05) is 43.9 Å². The monoisotopic (exact) mass is 700 g/mol. The molecule has 0 saturated carbocycles. The fraction of sp³-hybridized carbons (Fsp3) is 0. The maximum Gasteiger partial charge on any atom is 0.145 e. The van der Waals surface area contributed by atoms with E-state index in [1.54, 1.807) is 6.07 Å². The standard InChI is InChI=1S/C50H28N4O/c51-29-31-10-9-11-32(24-31)33-20-21-34(30-52)43(27-33)35-25-36(53-44-16-5-1-12-38(44)39-13-2-6-17-45(39)53)28-37(26-35)54-46-18-7-3-15-42(46)49-47(54)23-22-41-40-14-4-8-19-48(40)55-50(41)49/h1-28H. The third-order valence-electron chi connectivity index (χ3n) is 11.0. The first-order valence-corrected chi connectivity index (χ1v) is 18.2. The number of furan rings is 1. The van der Waals surface area contributed by atoms with Gasteiger partial charge in [-0.2, -0.15) is 10.5 Å². The Labute approximate surface area is 315 Å². The first-order valence-electron chi connectivity index (χ1n) is 18.2. The van der Waals surface area contributed by atoms with Crippen LogP contribution < -0.4 is 0 Å². The van der Waals surface area contributed by atoms with E-state index in [0.717, 1.165) is 88.4 Å². The zero-order chi connectivity index (χ0) is 36.6. The van der Waals surface area contributed by atoms with Crippen molar-refractivity contribution in [2.45, 2.75) is 0 Å². The summed E-state index contributed by atoms with van der Waals surface area (Å²) in [5, 5.41) is 26.9. The Morgan fingerprint density at radius 1 is 0.418 bits per heavy atom. The van der Waals surface area contributed by atoms with Gasteiger partial charge in [-0.1, -0.05) is 91.0 Å². The minimum atomic E-state index is 0.566. The molecular formula is C50H28N4O. The summed E-state index contributed by atoms with van der Waals surface area (Å²) in [5.74, 6) is 0. The molecule has 0 atom stereocenters. The van der Waals surface area contributed by atoms with Gasteiger partial charge in [-0.25, -0.2) is 0 Å². The zero-order valence-corrected chi connectivity index (χ0v) is 29.4. The number of hydrogen-bond acceptors (Lipinski definition) is 3. The Bertz CT molecular complexity index is 3420. The highest BCUT2D eigenvalue weighted by Gasteiger charge is 2.21. The molecule has 0 unspecified atom stereocenters. The summed E-state index contributed by atoms with van der Waals surface area (Å²) in [5.41, 5.74) is 12.7. The minimum absolute atomic E-state index is 0.566. The van der Waals surface area contributed by atoms with Crippen molar-refractivity contribution in [2.75, 3.05) is 0 Å². The summed E-state index contributed by atoms with van der Waals surface area (Å²) in [6.45, 7) is 0. The number of fused-ring (bicyclic) bond motifs is 10. The molecule has 0 bridgehead atoms. The Morgan fingerprint density at radius 3 is 1.75 bits per heavy atom. The van der Waals surface area contributed by atoms with Crippen molar-refractivity contribution in [1.82, 2.24) is 9.13 Å². The Hall–Kier alpha value is -7.86. The molecule has 11 rings (SSSR count). The molecule has 55 heavy (non-hydrogen) atoms. The van der Waals surface area contributed by atoms with Crippen molar-refractivity contribution >= 4 is 65.6 Å². The van der Waals surface area contributed by atoms with Crippen LogP contribution in [0.2, 0.25) is 0 Å². The van der Waals surface area contributed by atoms with E-state index in [0.29, 0.717) is 11.1 Å². The van der Waals surface area contributed by atoms with Gasteiger partial charge in [-0.3, -0.25) is 0 Å². The summed E-state index contributed by atoms with van der Waals surface area (Å²) in [6, 6.07) is 63.0. The van der Waals surface area contributed by atoms with Crippen LogP contribution in [-0.4, -0.2) is 9.13 Å². The lowest BCUT2D eigenvalue weighted by atomic mass is 9.94. The smallest absolute Gasteiger partial charge is 0.145 e. The van der Waals surface area contributed by atoms with Gasteiger partial charge in [-0.15, -0.1) is 0 Å². The van der Waals surface area contributed by atoms with Crippen LogP contribution in [0.1, 0.15) is 11.1 Å². The van der Waals surface area contributed by atoms with Crippen LogP contribution in [0.5, 0.6) is 0 Å². The first-order chi connectivity index (χ1) is 27.2. The third kappa shape index (κ3) is 4.58. The third-order valence-corrected chi connectivity index (χ3v) is 11.0. The van der Waals surface area contributed by atoms with E-state index in [2.05, 4.69) is 143 Å². The summed E-state index contributed by atoms with van der Waals surface area (Å²) in [4.78, 5) is 0. The van der Waals surface area contributed by atoms with Gasteiger partial charge >= 0.3 is 0 Å². The van der Waals surface area contributed by atoms with E-state index >= 15 is 0 Å². The predicted octanol–water partition coefficient (Wildman–Crippen LogP) is 12.9. The largest absolute Gasteiger partial charge is 0.455 e. The van der Waals surface area contributed by atoms with Crippen molar-refractivity contribution in [1.29, 1.82) is 10.5 Å². The average molecular weight is 701 g/mol. The number of nitrogens with zero attached hydrogens (tertiary/aromatic N) is 4. The average Bonchev–Trinajstić information content (AvgIpc) is 3.91. The van der Waals surface area contributed by atoms with Gasteiger partial charge in [-0.05, 0) is 95.6 Å². The SMILES string of the molecule is N#Cc1cccc(-c2ccc(C#N)c(-c3cc(-n4c5ccccc5c5ccccc54)cc(-n4c5ccccc5c5c6oc7ccccc7c6ccc54)c3)c2)c1. The molecule has 0 amide bonds. The fourth-order valence-electron chi connectivity index (χ4n) is 8.55. The number of rotatable bonds is 4. The lowest BCUT2D eigenvalue weighted by molar-refractivity contribution is 0.673. The van der Waals surface area contributed by atoms with E-state index in [-0.39, 0.29) is 0 Å². The van der Waals surface area contributed by atoms with Gasteiger partial charge < -0.3 is 13.6 Å². The Morgan fingerprint density at radius 2 is 1.04 bits per heavy atom. The van der Waals surface area contributed by atoms with E-state index in [9.17, 15) is 10.5 Å². The van der Waals surface area contributed by atoms with Crippen LogP contribution in [0.4, 0.5) is 0 Å². The number of para-hydroxylation sites is 4. The highest BCUT2D eigenvalue weighted by atomic mass is 16.3. The van der Waals surface area contributed by atoms with Crippen molar-refractivity contribution in [3.05, 3.63) is 181 Å². The normalized spacial score (nSPS) is 11.6. The van der Waals surface area contributed by atoms with Crippen molar-refractivity contribution in [3.8, 4) is 45.8 Å². The molecule has 3 heterocycles. The summed E-state index contributed by atoms with van der Waals surface area (Å²) in [6.07, 6.45) is 0. The second-order valence-electron chi connectivity index (χ2n) is 14.0. The number of nitriles is 2. The Kier molecular flexibility index (Phi) is 6.61. The molecule has 5 nitrogen and oxygen atoms in total. The molecule has 0 aliphatic carbocycles. The zero-order valence-electron chi connectivity index (χ0n) is 29.4. The lowest BCUT2D eigenvalue weighted by Crippen LogP contribution is -2.00. The van der Waals surface area contributed by atoms with Gasteiger partial charge in [0.1, 0.15) is 11.2 Å². The summed E-state index contributed by atoms with van der Waals surface area (Å²) in [7, 11) is 0. The molecular weight excluding hydrogens is 673 g/mol. The number of hydrogen-bond donors (Lipinski definition) is 0. The summed E-state index contributed by atoms with van der Waals surface area (Å²) >= 11 is 0. The number of aromatic nitrogens is 2. The quantitative estimate of drug-likeness (QED) is 0.183. The van der Waals surface area contributed by atoms with Gasteiger partial charge in [0.05, 0.1) is 50.7 Å². The molecule has 0 radical (unpaired) electrons. The topological polar surface area (TPSA) is 70.6 Å². The fourth-order valence-corrected chi connectivity index (χ4v) is 8.55. The molecule has 0 saturated heterocycles. The molecule has 0 aliphatic rings. The molecule has 0 N–H and O–H groups in total. The van der Waals surface area contributed by atoms with Crippen molar-refractivity contribution in [3.63, 3.8) is 0 Å². The minimum Gasteiger partial charge on any atom is -0.455 e. The molecule has 3 aromatic heterocycles. The van der Waals surface area contributed by atoms with E-state index < -0.39 is 0 Å². The molecule has 11 aromatic rings. The van der Waals surface area contributed by atoms with Crippen LogP contribution >= 0.6 is 0 Å². The molecule has 254 valence electrons. The number of benzene rings is 8. The molecule has 0 fully saturated rings. The molecule has 0 aliphatic heterocycles. The van der Waals surface area contributed by atoms with Crippen LogP contribution in [0.15, 0.2) is 174 Å². The van der Waals surface area contributed by atoms with Gasteiger partial charge in [0.25, 0.3) is 0 Å². The summed E-state index contributed by atoms with van der Waals surface area (Å²) < 4.78 is 11.3. The van der Waals surface area contributed by atoms with Crippen molar-refractivity contribution < 1.29 is 4.42 Å². The second-order valence-corrected chi connectivity index (χ2v) is 14.0. The van der Waals surface area contributed by atoms with E-state index in [1.807, 2.05) is 42.5 Å². The highest BCUT2D eigenvalue weighted by molar-refractivity contribution is 6.24. The van der Waals surface area contributed by atoms with Crippen molar-refractivity contribution in [2.24, 2.45) is 0 Å². The van der Waals surface area contributed by atoms with E-state index in [1.165, 1.54) is 10.8 Å². The predicted molar refractivity (Wildman–Crippen MR) is 223 cm³/mol. The van der Waals surface area contributed by atoms with Crippen LogP contribution in [-0.2, 0) is 0 Å². The first kappa shape index (κ1) is 30.7. The maximum absolute atomic E-state index is 10.5. The molecule has 5 heteroatoms. The van der Waals surface area contributed by atoms with E-state index in [4.69, 9.17) is 4.42 Å². The highest BCUT2D eigenvalue weighted by Crippen LogP contribution is 2.42. The Balaban J connectivity index is 1.25. The van der Waals surface area contributed by atoms with Gasteiger partial charge in [0.2, 0.25) is 0 Å². The molecule has 8 aromatic carbocycles. The second kappa shape index (κ2) is 11.8. The van der Waals surface area contributed by atoms with Crippen LogP contribution in [0.3, 0.4) is 0 Å². The lowest BCUT2D eigenvalue weighted by Gasteiger charge is -2.17.